The molecule has 0 saturated carbocycles. The number of nitrogens with zero attached hydrogens (tertiary/aromatic N) is 2. The van der Waals surface area contributed by atoms with Gasteiger partial charge in [-0.3, -0.25) is 9.59 Å². The summed E-state index contributed by atoms with van der Waals surface area (Å²) in [4.78, 5) is 29.2. The second kappa shape index (κ2) is 10.3. The highest BCUT2D eigenvalue weighted by molar-refractivity contribution is 5.96. The Morgan fingerprint density at radius 2 is 1.90 bits per heavy atom. The van der Waals surface area contributed by atoms with Gasteiger partial charge in [-0.15, -0.1) is 0 Å². The number of benzene rings is 1. The number of rotatable bonds is 10. The van der Waals surface area contributed by atoms with Gasteiger partial charge in [-0.2, -0.15) is 0 Å². The zero-order valence-electron chi connectivity index (χ0n) is 17.7. The molecule has 164 valence electrons. The van der Waals surface area contributed by atoms with Gasteiger partial charge in [-0.1, -0.05) is 13.3 Å². The van der Waals surface area contributed by atoms with Crippen LogP contribution in [0.2, 0.25) is 0 Å². The number of nitrogens with one attached hydrogen (secondary N) is 2. The molecule has 2 N–H and O–H groups in total. The van der Waals surface area contributed by atoms with Crippen molar-refractivity contribution in [3.05, 3.63) is 47.9 Å². The fourth-order valence-electron chi connectivity index (χ4n) is 3.06. The van der Waals surface area contributed by atoms with Crippen molar-refractivity contribution in [1.82, 2.24) is 14.9 Å². The van der Waals surface area contributed by atoms with E-state index >= 15 is 0 Å². The molecular weight excluding hydrogens is 394 g/mol. The first-order valence-corrected chi connectivity index (χ1v) is 9.73. The zero-order chi connectivity index (χ0) is 22.3. The van der Waals surface area contributed by atoms with Crippen LogP contribution in [-0.2, 0) is 26.3 Å². The quantitative estimate of drug-likeness (QED) is 0.616. The fraction of sp³-hybridized carbons (Fsp3) is 0.476. The van der Waals surface area contributed by atoms with E-state index in [1.807, 2.05) is 25.3 Å². The number of anilines is 1. The van der Waals surface area contributed by atoms with Crippen molar-refractivity contribution in [2.75, 3.05) is 19.0 Å². The Labute approximate surface area is 174 Å². The Morgan fingerprint density at radius 3 is 2.50 bits per heavy atom. The smallest absolute Gasteiger partial charge is 0.248 e. The molecule has 1 heterocycles. The SMILES string of the molecule is CCCC(NC(=O)Cc1cc(F)cc(F)c1)C(=O)Nc1cn(C(C)(C)COC)cn1. The van der Waals surface area contributed by atoms with Crippen molar-refractivity contribution >= 4 is 17.6 Å². The first kappa shape index (κ1) is 23.5. The molecule has 0 bridgehead atoms. The van der Waals surface area contributed by atoms with E-state index in [9.17, 15) is 18.4 Å². The lowest BCUT2D eigenvalue weighted by molar-refractivity contribution is -0.126. The van der Waals surface area contributed by atoms with E-state index in [2.05, 4.69) is 15.6 Å². The number of methoxy groups -OCH3 is 1. The summed E-state index contributed by atoms with van der Waals surface area (Å²) >= 11 is 0. The van der Waals surface area contributed by atoms with E-state index in [-0.39, 0.29) is 17.5 Å². The van der Waals surface area contributed by atoms with Gasteiger partial charge in [0.15, 0.2) is 5.82 Å². The monoisotopic (exact) mass is 422 g/mol. The molecule has 2 aromatic rings. The van der Waals surface area contributed by atoms with E-state index in [4.69, 9.17) is 4.74 Å². The minimum atomic E-state index is -0.793. The predicted molar refractivity (Wildman–Crippen MR) is 109 cm³/mol. The second-order valence-electron chi connectivity index (χ2n) is 7.76. The molecule has 2 rings (SSSR count). The lowest BCUT2D eigenvalue weighted by atomic mass is 10.1. The average molecular weight is 422 g/mol. The fourth-order valence-corrected chi connectivity index (χ4v) is 3.06. The van der Waals surface area contributed by atoms with Crippen molar-refractivity contribution in [1.29, 1.82) is 0 Å². The van der Waals surface area contributed by atoms with Crippen LogP contribution in [0.5, 0.6) is 0 Å². The number of carbonyl (C=O) groups excluding carboxylic acids is 2. The maximum atomic E-state index is 13.3. The van der Waals surface area contributed by atoms with E-state index in [0.29, 0.717) is 25.3 Å². The van der Waals surface area contributed by atoms with Crippen LogP contribution in [0.15, 0.2) is 30.7 Å². The number of halogens is 2. The first-order valence-electron chi connectivity index (χ1n) is 9.73. The van der Waals surface area contributed by atoms with Gasteiger partial charge in [0.2, 0.25) is 11.8 Å². The van der Waals surface area contributed by atoms with Crippen LogP contribution in [0.1, 0.15) is 39.2 Å². The number of amides is 2. The van der Waals surface area contributed by atoms with Crippen LogP contribution < -0.4 is 10.6 Å². The highest BCUT2D eigenvalue weighted by Gasteiger charge is 2.23. The highest BCUT2D eigenvalue weighted by atomic mass is 19.1. The summed E-state index contributed by atoms with van der Waals surface area (Å²) in [6, 6.07) is 2.12. The number of hydrogen-bond donors (Lipinski definition) is 2. The van der Waals surface area contributed by atoms with E-state index in [0.717, 1.165) is 18.2 Å². The molecule has 2 amide bonds. The maximum Gasteiger partial charge on any atom is 0.248 e. The predicted octanol–water partition coefficient (Wildman–Crippen LogP) is 3.01. The van der Waals surface area contributed by atoms with Crippen LogP contribution in [-0.4, -0.2) is 41.1 Å². The molecule has 9 heteroatoms. The molecule has 30 heavy (non-hydrogen) atoms. The van der Waals surface area contributed by atoms with E-state index in [1.165, 1.54) is 0 Å². The van der Waals surface area contributed by atoms with Gasteiger partial charge in [0, 0.05) is 19.4 Å². The third kappa shape index (κ3) is 6.62. The van der Waals surface area contributed by atoms with Gasteiger partial charge in [0.1, 0.15) is 17.7 Å². The molecule has 0 aliphatic carbocycles. The maximum absolute atomic E-state index is 13.3. The standard InChI is InChI=1S/C21H28F2N4O3/c1-5-6-17(25-19(28)9-14-7-15(22)10-16(23)8-14)20(29)26-18-11-27(13-24-18)21(2,3)12-30-4/h7-8,10-11,13,17H,5-6,9,12H2,1-4H3,(H,25,28)(H,26,29). The molecule has 0 radical (unpaired) electrons. The molecule has 0 aliphatic rings. The van der Waals surface area contributed by atoms with Gasteiger partial charge in [0.05, 0.1) is 24.9 Å². The van der Waals surface area contributed by atoms with Crippen molar-refractivity contribution < 1.29 is 23.1 Å². The van der Waals surface area contributed by atoms with Crippen molar-refractivity contribution in [2.24, 2.45) is 0 Å². The van der Waals surface area contributed by atoms with Crippen LogP contribution in [0.3, 0.4) is 0 Å². The molecular formula is C21H28F2N4O3. The van der Waals surface area contributed by atoms with Gasteiger partial charge < -0.3 is 19.9 Å². The summed E-state index contributed by atoms with van der Waals surface area (Å²) in [5, 5.41) is 5.33. The molecule has 1 aromatic heterocycles. The van der Waals surface area contributed by atoms with Crippen LogP contribution in [0, 0.1) is 11.6 Å². The van der Waals surface area contributed by atoms with Crippen LogP contribution in [0.4, 0.5) is 14.6 Å². The Kier molecular flexibility index (Phi) is 8.05. The van der Waals surface area contributed by atoms with Crippen molar-refractivity contribution in [3.8, 4) is 0 Å². The average Bonchev–Trinajstić information content (AvgIpc) is 3.09. The van der Waals surface area contributed by atoms with E-state index < -0.39 is 29.5 Å². The largest absolute Gasteiger partial charge is 0.382 e. The van der Waals surface area contributed by atoms with Crippen molar-refractivity contribution in [3.63, 3.8) is 0 Å². The number of imidazole rings is 1. The zero-order valence-corrected chi connectivity index (χ0v) is 17.7. The van der Waals surface area contributed by atoms with Crippen molar-refractivity contribution in [2.45, 2.75) is 51.6 Å². The lowest BCUT2D eigenvalue weighted by Crippen LogP contribution is -2.44. The Hall–Kier alpha value is -2.81. The summed E-state index contributed by atoms with van der Waals surface area (Å²) < 4.78 is 33.7. The number of carbonyl (C=O) groups is 2. The molecule has 1 atom stereocenters. The van der Waals surface area contributed by atoms with Crippen LogP contribution >= 0.6 is 0 Å². The normalized spacial score (nSPS) is 12.5. The summed E-state index contributed by atoms with van der Waals surface area (Å²) in [7, 11) is 1.61. The van der Waals surface area contributed by atoms with Gasteiger partial charge >= 0.3 is 0 Å². The Bertz CT molecular complexity index is 863. The summed E-state index contributed by atoms with van der Waals surface area (Å²) in [5.74, 6) is -2.07. The van der Waals surface area contributed by atoms with E-state index in [1.54, 1.807) is 19.6 Å². The summed E-state index contributed by atoms with van der Waals surface area (Å²) in [6.45, 7) is 6.29. The topological polar surface area (TPSA) is 85.2 Å². The summed E-state index contributed by atoms with van der Waals surface area (Å²) in [5.41, 5.74) is -0.151. The third-order valence-electron chi connectivity index (χ3n) is 4.55. The highest BCUT2D eigenvalue weighted by Crippen LogP contribution is 2.18. The second-order valence-corrected chi connectivity index (χ2v) is 7.76. The Balaban J connectivity index is 2.02. The van der Waals surface area contributed by atoms with Gasteiger partial charge in [0.25, 0.3) is 0 Å². The minimum Gasteiger partial charge on any atom is -0.382 e. The first-order chi connectivity index (χ1) is 14.1. The Morgan fingerprint density at radius 1 is 1.23 bits per heavy atom. The molecule has 0 spiro atoms. The number of ether oxygens (including phenoxy) is 1. The number of hydrogen-bond acceptors (Lipinski definition) is 4. The molecule has 1 aromatic carbocycles. The summed E-state index contributed by atoms with van der Waals surface area (Å²) in [6.07, 6.45) is 4.12. The molecule has 0 fully saturated rings. The van der Waals surface area contributed by atoms with Crippen LogP contribution in [0.25, 0.3) is 0 Å². The lowest BCUT2D eigenvalue weighted by Gasteiger charge is -2.25. The number of aromatic nitrogens is 2. The molecule has 0 aliphatic heterocycles. The molecule has 0 saturated heterocycles. The van der Waals surface area contributed by atoms with Gasteiger partial charge in [-0.05, 0) is 38.0 Å². The molecule has 1 unspecified atom stereocenters. The molecule has 7 nitrogen and oxygen atoms in total. The van der Waals surface area contributed by atoms with Gasteiger partial charge in [-0.25, -0.2) is 13.8 Å². The minimum absolute atomic E-state index is 0.194. The third-order valence-corrected chi connectivity index (χ3v) is 4.55.